The molecule has 1 rings (SSSR count). The second-order valence-electron chi connectivity index (χ2n) is 4.30. The lowest BCUT2D eigenvalue weighted by atomic mass is 9.85. The SMILES string of the molecule is CC(C)C(O)C1CCN(C)C(=O)C1. The Kier molecular flexibility index (Phi) is 3.31. The van der Waals surface area contributed by atoms with E-state index in [2.05, 4.69) is 0 Å². The average Bonchev–Trinajstić information content (AvgIpc) is 2.08. The highest BCUT2D eigenvalue weighted by atomic mass is 16.3. The first-order chi connectivity index (χ1) is 6.02. The molecule has 2 atom stereocenters. The number of rotatable bonds is 2. The molecule has 0 aliphatic carbocycles. The molecule has 1 amide bonds. The maximum absolute atomic E-state index is 11.3. The van der Waals surface area contributed by atoms with Crippen LogP contribution >= 0.6 is 0 Å². The van der Waals surface area contributed by atoms with Gasteiger partial charge >= 0.3 is 0 Å². The molecular weight excluding hydrogens is 166 g/mol. The number of nitrogens with zero attached hydrogens (tertiary/aromatic N) is 1. The maximum Gasteiger partial charge on any atom is 0.222 e. The molecule has 1 aliphatic heterocycles. The number of hydrogen-bond acceptors (Lipinski definition) is 2. The van der Waals surface area contributed by atoms with Crippen molar-refractivity contribution in [2.75, 3.05) is 13.6 Å². The van der Waals surface area contributed by atoms with Crippen molar-refractivity contribution in [1.82, 2.24) is 4.90 Å². The van der Waals surface area contributed by atoms with Crippen molar-refractivity contribution in [2.45, 2.75) is 32.8 Å². The Labute approximate surface area is 79.7 Å². The number of hydrogen-bond donors (Lipinski definition) is 1. The van der Waals surface area contributed by atoms with E-state index in [-0.39, 0.29) is 23.8 Å². The third kappa shape index (κ3) is 2.44. The third-order valence-electron chi connectivity index (χ3n) is 2.86. The highest BCUT2D eigenvalue weighted by molar-refractivity contribution is 5.76. The predicted octanol–water partition coefficient (Wildman–Crippen LogP) is 0.872. The molecule has 1 fully saturated rings. The lowest BCUT2D eigenvalue weighted by molar-refractivity contribution is -0.135. The summed E-state index contributed by atoms with van der Waals surface area (Å²) >= 11 is 0. The molecule has 0 aromatic heterocycles. The standard InChI is InChI=1S/C10H19NO2/c1-7(2)10(13)8-4-5-11(3)9(12)6-8/h7-8,10,13H,4-6H2,1-3H3. The first-order valence-electron chi connectivity index (χ1n) is 4.94. The average molecular weight is 185 g/mol. The molecule has 76 valence electrons. The summed E-state index contributed by atoms with van der Waals surface area (Å²) in [4.78, 5) is 13.1. The van der Waals surface area contributed by atoms with E-state index in [0.29, 0.717) is 6.42 Å². The Balaban J connectivity index is 2.50. The summed E-state index contributed by atoms with van der Waals surface area (Å²) in [6.07, 6.45) is 1.12. The molecule has 0 aromatic rings. The third-order valence-corrected chi connectivity index (χ3v) is 2.86. The fourth-order valence-electron chi connectivity index (χ4n) is 1.80. The summed E-state index contributed by atoms with van der Waals surface area (Å²) in [6, 6.07) is 0. The van der Waals surface area contributed by atoms with Crippen LogP contribution in [0.4, 0.5) is 0 Å². The first kappa shape index (κ1) is 10.5. The van der Waals surface area contributed by atoms with Crippen LogP contribution in [0.3, 0.4) is 0 Å². The van der Waals surface area contributed by atoms with Gasteiger partial charge in [-0.3, -0.25) is 4.79 Å². The fraction of sp³-hybridized carbons (Fsp3) is 0.900. The van der Waals surface area contributed by atoms with Gasteiger partial charge in [-0.1, -0.05) is 13.8 Å². The zero-order valence-electron chi connectivity index (χ0n) is 8.66. The molecule has 1 saturated heterocycles. The van der Waals surface area contributed by atoms with Gasteiger partial charge in [0, 0.05) is 20.0 Å². The topological polar surface area (TPSA) is 40.5 Å². The maximum atomic E-state index is 11.3. The van der Waals surface area contributed by atoms with Crippen LogP contribution in [0.15, 0.2) is 0 Å². The van der Waals surface area contributed by atoms with Crippen LogP contribution in [-0.4, -0.2) is 35.6 Å². The molecule has 0 spiro atoms. The molecule has 13 heavy (non-hydrogen) atoms. The van der Waals surface area contributed by atoms with Gasteiger partial charge in [-0.2, -0.15) is 0 Å². The van der Waals surface area contributed by atoms with Crippen molar-refractivity contribution in [3.8, 4) is 0 Å². The van der Waals surface area contributed by atoms with Crippen LogP contribution in [0.2, 0.25) is 0 Å². The number of piperidine rings is 1. The Morgan fingerprint density at radius 3 is 2.62 bits per heavy atom. The number of amides is 1. The number of carbonyl (C=O) groups is 1. The van der Waals surface area contributed by atoms with Crippen molar-refractivity contribution in [3.05, 3.63) is 0 Å². The Morgan fingerprint density at radius 2 is 2.15 bits per heavy atom. The van der Waals surface area contributed by atoms with E-state index in [4.69, 9.17) is 0 Å². The lowest BCUT2D eigenvalue weighted by Gasteiger charge is -2.33. The van der Waals surface area contributed by atoms with Crippen molar-refractivity contribution >= 4 is 5.91 Å². The van der Waals surface area contributed by atoms with Gasteiger partial charge in [0.25, 0.3) is 0 Å². The highest BCUT2D eigenvalue weighted by Crippen LogP contribution is 2.24. The first-order valence-corrected chi connectivity index (χ1v) is 4.94. The molecule has 0 aromatic carbocycles. The van der Waals surface area contributed by atoms with Crippen LogP contribution in [0.5, 0.6) is 0 Å². The van der Waals surface area contributed by atoms with Crippen LogP contribution in [-0.2, 0) is 4.79 Å². The zero-order valence-corrected chi connectivity index (χ0v) is 8.66. The molecule has 1 aliphatic rings. The minimum Gasteiger partial charge on any atom is -0.393 e. The van der Waals surface area contributed by atoms with Gasteiger partial charge in [0.05, 0.1) is 6.10 Å². The Bertz CT molecular complexity index is 191. The molecule has 2 unspecified atom stereocenters. The highest BCUT2D eigenvalue weighted by Gasteiger charge is 2.29. The number of likely N-dealkylation sites (tertiary alicyclic amines) is 1. The minimum absolute atomic E-state index is 0.163. The fourth-order valence-corrected chi connectivity index (χ4v) is 1.80. The van der Waals surface area contributed by atoms with Crippen molar-refractivity contribution in [1.29, 1.82) is 0 Å². The molecule has 1 N–H and O–H groups in total. The van der Waals surface area contributed by atoms with Crippen LogP contribution < -0.4 is 0 Å². The van der Waals surface area contributed by atoms with E-state index < -0.39 is 0 Å². The van der Waals surface area contributed by atoms with Crippen molar-refractivity contribution < 1.29 is 9.90 Å². The smallest absolute Gasteiger partial charge is 0.222 e. The van der Waals surface area contributed by atoms with Gasteiger partial charge in [-0.25, -0.2) is 0 Å². The van der Waals surface area contributed by atoms with Gasteiger partial charge in [0.1, 0.15) is 0 Å². The summed E-state index contributed by atoms with van der Waals surface area (Å²) in [5.41, 5.74) is 0. The quantitative estimate of drug-likeness (QED) is 0.693. The van der Waals surface area contributed by atoms with Crippen molar-refractivity contribution in [3.63, 3.8) is 0 Å². The summed E-state index contributed by atoms with van der Waals surface area (Å²) in [6.45, 7) is 4.77. The monoisotopic (exact) mass is 185 g/mol. The van der Waals surface area contributed by atoms with Gasteiger partial charge in [0.2, 0.25) is 5.91 Å². The molecule has 3 nitrogen and oxygen atoms in total. The predicted molar refractivity (Wildman–Crippen MR) is 51.2 cm³/mol. The second-order valence-corrected chi connectivity index (χ2v) is 4.30. The summed E-state index contributed by atoms with van der Waals surface area (Å²) in [7, 11) is 1.82. The van der Waals surface area contributed by atoms with Crippen LogP contribution in [0, 0.1) is 11.8 Å². The van der Waals surface area contributed by atoms with E-state index in [1.165, 1.54) is 0 Å². The molecular formula is C10H19NO2. The zero-order chi connectivity index (χ0) is 10.0. The molecule has 0 saturated carbocycles. The van der Waals surface area contributed by atoms with E-state index in [1.54, 1.807) is 4.90 Å². The van der Waals surface area contributed by atoms with Gasteiger partial charge in [-0.15, -0.1) is 0 Å². The summed E-state index contributed by atoms with van der Waals surface area (Å²) < 4.78 is 0. The number of aliphatic hydroxyl groups excluding tert-OH is 1. The van der Waals surface area contributed by atoms with E-state index in [9.17, 15) is 9.90 Å². The molecule has 3 heteroatoms. The van der Waals surface area contributed by atoms with E-state index in [1.807, 2.05) is 20.9 Å². The van der Waals surface area contributed by atoms with Gasteiger partial charge in [-0.05, 0) is 18.3 Å². The van der Waals surface area contributed by atoms with Crippen LogP contribution in [0.1, 0.15) is 26.7 Å². The van der Waals surface area contributed by atoms with E-state index >= 15 is 0 Å². The van der Waals surface area contributed by atoms with Crippen LogP contribution in [0.25, 0.3) is 0 Å². The molecule has 1 heterocycles. The Hall–Kier alpha value is -0.570. The largest absolute Gasteiger partial charge is 0.393 e. The molecule has 0 bridgehead atoms. The van der Waals surface area contributed by atoms with Gasteiger partial charge in [0.15, 0.2) is 0 Å². The normalized spacial score (nSPS) is 26.7. The number of aliphatic hydroxyl groups is 1. The van der Waals surface area contributed by atoms with Gasteiger partial charge < -0.3 is 10.0 Å². The number of carbonyl (C=O) groups excluding carboxylic acids is 1. The Morgan fingerprint density at radius 1 is 1.54 bits per heavy atom. The molecule has 0 radical (unpaired) electrons. The lowest BCUT2D eigenvalue weighted by Crippen LogP contribution is -2.41. The summed E-state index contributed by atoms with van der Waals surface area (Å²) in [5.74, 6) is 0.584. The second kappa shape index (κ2) is 4.09. The summed E-state index contributed by atoms with van der Waals surface area (Å²) in [5, 5.41) is 9.78. The van der Waals surface area contributed by atoms with Crippen molar-refractivity contribution in [2.24, 2.45) is 11.8 Å². The minimum atomic E-state index is -0.322. The van der Waals surface area contributed by atoms with E-state index in [0.717, 1.165) is 13.0 Å².